The van der Waals surface area contributed by atoms with Crippen molar-refractivity contribution in [3.05, 3.63) is 52.8 Å². The van der Waals surface area contributed by atoms with Crippen LogP contribution in [0.2, 0.25) is 0 Å². The van der Waals surface area contributed by atoms with E-state index < -0.39 is 0 Å². The second kappa shape index (κ2) is 5.64. The summed E-state index contributed by atoms with van der Waals surface area (Å²) >= 11 is 3.28. The fourth-order valence-corrected chi connectivity index (χ4v) is 1.84. The molecule has 0 aliphatic carbocycles. The molecular formula is C13H11BrN2O2. The standard InChI is InChI=1S/C13H11BrN2O2/c1-18-12-5-3-2-4-11(12)16-13(17)9-6-10(14)8-15-7-9/h2-8H,1H3,(H,16,17). The first-order valence-corrected chi connectivity index (χ1v) is 6.05. The monoisotopic (exact) mass is 306 g/mol. The Morgan fingerprint density at radius 1 is 1.33 bits per heavy atom. The number of methoxy groups -OCH3 is 1. The van der Waals surface area contributed by atoms with E-state index in [2.05, 4.69) is 26.2 Å². The molecule has 0 unspecified atom stereocenters. The van der Waals surface area contributed by atoms with Gasteiger partial charge in [0.2, 0.25) is 0 Å². The fourth-order valence-electron chi connectivity index (χ4n) is 1.48. The van der Waals surface area contributed by atoms with Gasteiger partial charge in [-0.3, -0.25) is 9.78 Å². The number of rotatable bonds is 3. The molecule has 92 valence electrons. The van der Waals surface area contributed by atoms with Gasteiger partial charge in [-0.05, 0) is 34.1 Å². The van der Waals surface area contributed by atoms with E-state index in [0.29, 0.717) is 17.0 Å². The highest BCUT2D eigenvalue weighted by Gasteiger charge is 2.09. The number of nitrogens with one attached hydrogen (secondary N) is 1. The molecule has 0 atom stereocenters. The van der Waals surface area contributed by atoms with Crippen LogP contribution in [0.1, 0.15) is 10.4 Å². The minimum Gasteiger partial charge on any atom is -0.495 e. The zero-order chi connectivity index (χ0) is 13.0. The minimum absolute atomic E-state index is 0.228. The van der Waals surface area contributed by atoms with Crippen LogP contribution in [0.25, 0.3) is 0 Å². The molecule has 0 fully saturated rings. The zero-order valence-electron chi connectivity index (χ0n) is 9.68. The molecule has 4 nitrogen and oxygen atoms in total. The molecule has 2 aromatic rings. The van der Waals surface area contributed by atoms with Crippen molar-refractivity contribution in [1.29, 1.82) is 0 Å². The first kappa shape index (κ1) is 12.6. The van der Waals surface area contributed by atoms with Crippen LogP contribution < -0.4 is 10.1 Å². The van der Waals surface area contributed by atoms with Gasteiger partial charge in [0.1, 0.15) is 5.75 Å². The van der Waals surface area contributed by atoms with Gasteiger partial charge in [0, 0.05) is 16.9 Å². The molecule has 0 aliphatic rings. The third kappa shape index (κ3) is 2.87. The molecule has 0 bridgehead atoms. The second-order valence-corrected chi connectivity index (χ2v) is 4.46. The fraction of sp³-hybridized carbons (Fsp3) is 0.0769. The van der Waals surface area contributed by atoms with E-state index in [9.17, 15) is 4.79 Å². The SMILES string of the molecule is COc1ccccc1NC(=O)c1cncc(Br)c1. The number of pyridine rings is 1. The number of benzene rings is 1. The summed E-state index contributed by atoms with van der Waals surface area (Å²) in [7, 11) is 1.56. The molecule has 0 aliphatic heterocycles. The Morgan fingerprint density at radius 2 is 2.11 bits per heavy atom. The number of amides is 1. The predicted molar refractivity (Wildman–Crippen MR) is 72.9 cm³/mol. The number of nitrogens with zero attached hydrogens (tertiary/aromatic N) is 1. The largest absolute Gasteiger partial charge is 0.495 e. The lowest BCUT2D eigenvalue weighted by molar-refractivity contribution is 0.102. The van der Waals surface area contributed by atoms with E-state index in [0.717, 1.165) is 4.47 Å². The third-order valence-corrected chi connectivity index (χ3v) is 2.76. The van der Waals surface area contributed by atoms with Gasteiger partial charge in [-0.1, -0.05) is 12.1 Å². The van der Waals surface area contributed by atoms with Crippen LogP contribution in [0.3, 0.4) is 0 Å². The van der Waals surface area contributed by atoms with Gasteiger partial charge in [-0.25, -0.2) is 0 Å². The van der Waals surface area contributed by atoms with Gasteiger partial charge < -0.3 is 10.1 Å². The van der Waals surface area contributed by atoms with Crippen LogP contribution >= 0.6 is 15.9 Å². The maximum Gasteiger partial charge on any atom is 0.257 e. The molecule has 1 N–H and O–H groups in total. The van der Waals surface area contributed by atoms with E-state index in [1.807, 2.05) is 12.1 Å². The normalized spacial score (nSPS) is 9.89. The van der Waals surface area contributed by atoms with E-state index in [-0.39, 0.29) is 5.91 Å². The molecule has 1 aromatic carbocycles. The molecule has 1 aromatic heterocycles. The Balaban J connectivity index is 2.21. The van der Waals surface area contributed by atoms with E-state index in [1.165, 1.54) is 6.20 Å². The molecule has 5 heteroatoms. The van der Waals surface area contributed by atoms with Gasteiger partial charge >= 0.3 is 0 Å². The summed E-state index contributed by atoms with van der Waals surface area (Å²) in [4.78, 5) is 16.0. The molecule has 0 saturated heterocycles. The number of halogens is 1. The highest BCUT2D eigenvalue weighted by atomic mass is 79.9. The molecule has 0 saturated carbocycles. The van der Waals surface area contributed by atoms with Gasteiger partial charge in [0.05, 0.1) is 18.4 Å². The molecule has 0 radical (unpaired) electrons. The number of aromatic nitrogens is 1. The quantitative estimate of drug-likeness (QED) is 0.948. The topological polar surface area (TPSA) is 51.2 Å². The third-order valence-electron chi connectivity index (χ3n) is 2.32. The van der Waals surface area contributed by atoms with E-state index in [4.69, 9.17) is 4.74 Å². The maximum absolute atomic E-state index is 12.0. The van der Waals surface area contributed by atoms with Crippen molar-refractivity contribution in [2.75, 3.05) is 12.4 Å². The van der Waals surface area contributed by atoms with Crippen molar-refractivity contribution < 1.29 is 9.53 Å². The average Bonchev–Trinajstić information content (AvgIpc) is 2.39. The molecule has 0 spiro atoms. The summed E-state index contributed by atoms with van der Waals surface area (Å²) in [5.74, 6) is 0.391. The highest BCUT2D eigenvalue weighted by molar-refractivity contribution is 9.10. The summed E-state index contributed by atoms with van der Waals surface area (Å²) < 4.78 is 5.93. The first-order valence-electron chi connectivity index (χ1n) is 5.25. The van der Waals surface area contributed by atoms with Gasteiger partial charge in [0.15, 0.2) is 0 Å². The summed E-state index contributed by atoms with van der Waals surface area (Å²) in [5.41, 5.74) is 1.11. The van der Waals surface area contributed by atoms with Gasteiger partial charge in [0.25, 0.3) is 5.91 Å². The summed E-state index contributed by atoms with van der Waals surface area (Å²) in [6.45, 7) is 0. The van der Waals surface area contributed by atoms with Crippen LogP contribution in [0, 0.1) is 0 Å². The zero-order valence-corrected chi connectivity index (χ0v) is 11.3. The average molecular weight is 307 g/mol. The Labute approximate surface area is 113 Å². The lowest BCUT2D eigenvalue weighted by atomic mass is 10.2. The molecule has 18 heavy (non-hydrogen) atoms. The van der Waals surface area contributed by atoms with Crippen LogP contribution in [0.15, 0.2) is 47.2 Å². The molecule has 1 heterocycles. The number of carbonyl (C=O) groups excluding carboxylic acids is 1. The van der Waals surface area contributed by atoms with E-state index >= 15 is 0 Å². The van der Waals surface area contributed by atoms with Crippen LogP contribution in [0.4, 0.5) is 5.69 Å². The number of carbonyl (C=O) groups is 1. The van der Waals surface area contributed by atoms with Crippen molar-refractivity contribution in [1.82, 2.24) is 4.98 Å². The molecular weight excluding hydrogens is 296 g/mol. The molecule has 1 amide bonds. The predicted octanol–water partition coefficient (Wildman–Crippen LogP) is 3.11. The second-order valence-electron chi connectivity index (χ2n) is 3.55. The first-order chi connectivity index (χ1) is 8.70. The number of ether oxygens (including phenoxy) is 1. The molecule has 2 rings (SSSR count). The van der Waals surface area contributed by atoms with E-state index in [1.54, 1.807) is 31.5 Å². The Hall–Kier alpha value is -1.88. The number of anilines is 1. The van der Waals surface area contributed by atoms with Crippen molar-refractivity contribution in [3.8, 4) is 5.75 Å². The van der Waals surface area contributed by atoms with Crippen molar-refractivity contribution in [3.63, 3.8) is 0 Å². The van der Waals surface area contributed by atoms with Crippen LogP contribution in [0.5, 0.6) is 5.75 Å². The number of hydrogen-bond acceptors (Lipinski definition) is 3. The lowest BCUT2D eigenvalue weighted by Gasteiger charge is -2.09. The Bertz CT molecular complexity index is 572. The lowest BCUT2D eigenvalue weighted by Crippen LogP contribution is -2.12. The van der Waals surface area contributed by atoms with Gasteiger partial charge in [-0.2, -0.15) is 0 Å². The number of para-hydroxylation sites is 2. The van der Waals surface area contributed by atoms with Crippen LogP contribution in [-0.4, -0.2) is 18.0 Å². The summed E-state index contributed by atoms with van der Waals surface area (Å²) in [5, 5.41) is 2.78. The number of hydrogen-bond donors (Lipinski definition) is 1. The Kier molecular flexibility index (Phi) is 3.94. The van der Waals surface area contributed by atoms with Gasteiger partial charge in [-0.15, -0.1) is 0 Å². The van der Waals surface area contributed by atoms with Crippen molar-refractivity contribution >= 4 is 27.5 Å². The van der Waals surface area contributed by atoms with Crippen molar-refractivity contribution in [2.45, 2.75) is 0 Å². The van der Waals surface area contributed by atoms with Crippen LogP contribution in [-0.2, 0) is 0 Å². The Morgan fingerprint density at radius 3 is 2.83 bits per heavy atom. The maximum atomic E-state index is 12.0. The summed E-state index contributed by atoms with van der Waals surface area (Å²) in [6.07, 6.45) is 3.13. The highest BCUT2D eigenvalue weighted by Crippen LogP contribution is 2.23. The van der Waals surface area contributed by atoms with Crippen molar-refractivity contribution in [2.24, 2.45) is 0 Å². The minimum atomic E-state index is -0.228. The smallest absolute Gasteiger partial charge is 0.257 e. The summed E-state index contributed by atoms with van der Waals surface area (Å²) in [6, 6.07) is 8.95.